The van der Waals surface area contributed by atoms with Crippen LogP contribution in [0.3, 0.4) is 0 Å². The fraction of sp³-hybridized carbons (Fsp3) is 0.222. The van der Waals surface area contributed by atoms with Crippen molar-refractivity contribution in [3.05, 3.63) is 102 Å². The Bertz CT molecular complexity index is 1980. The number of thiophene rings is 1. The minimum atomic E-state index is 0.871. The smallest absolute Gasteiger partial charge is 0.168 e. The Morgan fingerprint density at radius 1 is 0.675 bits per heavy atom. The maximum Gasteiger partial charge on any atom is 0.168 e. The van der Waals surface area contributed by atoms with E-state index in [4.69, 9.17) is 0 Å². The third-order valence-corrected chi connectivity index (χ3v) is 9.31. The molecule has 40 heavy (non-hydrogen) atoms. The summed E-state index contributed by atoms with van der Waals surface area (Å²) in [5, 5.41) is 14.2. The molecule has 0 radical (unpaired) electrons. The van der Waals surface area contributed by atoms with E-state index in [1.54, 1.807) is 0 Å². The average Bonchev–Trinajstić information content (AvgIpc) is 3.60. The zero-order chi connectivity index (χ0) is 27.1. The van der Waals surface area contributed by atoms with Crippen molar-refractivity contribution in [3.63, 3.8) is 0 Å². The number of rotatable bonds is 8. The van der Waals surface area contributed by atoms with Gasteiger partial charge in [-0.25, -0.2) is 0 Å². The Hall–Kier alpha value is -4.02. The van der Waals surface area contributed by atoms with Gasteiger partial charge in [-0.1, -0.05) is 81.3 Å². The monoisotopic (exact) mass is 539 g/mol. The maximum atomic E-state index is 4.59. The second-order valence-corrected chi connectivity index (χ2v) is 11.9. The number of hydrogen-bond donors (Lipinski definition) is 0. The van der Waals surface area contributed by atoms with Gasteiger partial charge in [0.05, 0.1) is 0 Å². The molecule has 3 heterocycles. The van der Waals surface area contributed by atoms with E-state index in [-0.39, 0.29) is 0 Å². The summed E-state index contributed by atoms with van der Waals surface area (Å²) in [4.78, 5) is 0. The first kappa shape index (κ1) is 25.0. The van der Waals surface area contributed by atoms with Gasteiger partial charge < -0.3 is 0 Å². The first-order valence-electron chi connectivity index (χ1n) is 14.5. The number of nitrogens with zero attached hydrogens (tertiary/aromatic N) is 3. The summed E-state index contributed by atoms with van der Waals surface area (Å²) in [6, 6.07) is 31.4. The third-order valence-electron chi connectivity index (χ3n) is 8.09. The maximum absolute atomic E-state index is 4.59. The van der Waals surface area contributed by atoms with Gasteiger partial charge in [0.2, 0.25) is 0 Å². The van der Waals surface area contributed by atoms with E-state index in [9.17, 15) is 0 Å². The summed E-state index contributed by atoms with van der Waals surface area (Å²) < 4.78 is 4.86. The summed E-state index contributed by atoms with van der Waals surface area (Å²) >= 11 is 1.93. The molecule has 0 unspecified atom stereocenters. The fourth-order valence-electron chi connectivity index (χ4n) is 5.87. The molecule has 0 N–H and O–H groups in total. The van der Waals surface area contributed by atoms with Crippen LogP contribution in [-0.2, 0) is 12.8 Å². The lowest BCUT2D eigenvalue weighted by molar-refractivity contribution is 0.795. The molecule has 3 nitrogen and oxygen atoms in total. The summed E-state index contributed by atoms with van der Waals surface area (Å²) in [6.45, 7) is 4.54. The first-order chi connectivity index (χ1) is 19.7. The predicted octanol–water partition coefficient (Wildman–Crippen LogP) is 10.3. The van der Waals surface area contributed by atoms with Crippen LogP contribution in [0.4, 0.5) is 0 Å². The van der Waals surface area contributed by atoms with Crippen molar-refractivity contribution in [1.82, 2.24) is 14.6 Å². The summed E-state index contributed by atoms with van der Waals surface area (Å²) in [6.07, 6.45) is 9.23. The van der Waals surface area contributed by atoms with Crippen molar-refractivity contribution >= 4 is 47.9 Å². The molecule has 0 aliphatic carbocycles. The van der Waals surface area contributed by atoms with Gasteiger partial charge in [0, 0.05) is 37.3 Å². The molecule has 198 valence electrons. The molecule has 7 aromatic rings. The SMILES string of the molecule is CCCCc1ccc2sc3c(-c4ccc(-c5nnc6c7ccccc7ccn56)cc4)cc(CCCC)cc3c2c1. The largest absolute Gasteiger partial charge is 0.282 e. The van der Waals surface area contributed by atoms with Crippen molar-refractivity contribution < 1.29 is 0 Å². The Morgan fingerprint density at radius 3 is 2.25 bits per heavy atom. The van der Waals surface area contributed by atoms with Crippen molar-refractivity contribution in [2.24, 2.45) is 0 Å². The molecule has 4 aromatic carbocycles. The zero-order valence-electron chi connectivity index (χ0n) is 23.2. The number of fused-ring (bicyclic) bond motifs is 6. The molecule has 0 fully saturated rings. The van der Waals surface area contributed by atoms with Gasteiger partial charge in [-0.2, -0.15) is 0 Å². The van der Waals surface area contributed by atoms with Crippen molar-refractivity contribution in [2.45, 2.75) is 52.4 Å². The molecule has 0 saturated carbocycles. The quantitative estimate of drug-likeness (QED) is 0.192. The van der Waals surface area contributed by atoms with Crippen LogP contribution in [0, 0.1) is 0 Å². The summed E-state index contributed by atoms with van der Waals surface area (Å²) in [5.74, 6) is 0.871. The van der Waals surface area contributed by atoms with E-state index in [1.165, 1.54) is 73.5 Å². The van der Waals surface area contributed by atoms with Gasteiger partial charge in [-0.05, 0) is 83.7 Å². The number of unbranched alkanes of at least 4 members (excludes halogenated alkanes) is 2. The second-order valence-electron chi connectivity index (χ2n) is 10.9. The fourth-order valence-corrected chi connectivity index (χ4v) is 7.07. The average molecular weight is 540 g/mol. The van der Waals surface area contributed by atoms with E-state index < -0.39 is 0 Å². The van der Waals surface area contributed by atoms with Crippen LogP contribution in [0.2, 0.25) is 0 Å². The van der Waals surface area contributed by atoms with Crippen molar-refractivity contribution in [3.8, 4) is 22.5 Å². The molecule has 7 rings (SSSR count). The van der Waals surface area contributed by atoms with E-state index in [2.05, 4.69) is 120 Å². The molecular weight excluding hydrogens is 506 g/mol. The topological polar surface area (TPSA) is 30.2 Å². The van der Waals surface area contributed by atoms with E-state index in [1.807, 2.05) is 11.3 Å². The number of benzene rings is 4. The van der Waals surface area contributed by atoms with E-state index in [0.29, 0.717) is 0 Å². The van der Waals surface area contributed by atoms with Gasteiger partial charge in [0.1, 0.15) is 0 Å². The number of aryl methyl sites for hydroxylation is 2. The van der Waals surface area contributed by atoms with Gasteiger partial charge in [-0.3, -0.25) is 4.40 Å². The Labute approximate surface area is 239 Å². The molecular formula is C36H33N3S. The summed E-state index contributed by atoms with van der Waals surface area (Å²) in [5.41, 5.74) is 7.44. The molecule has 0 aliphatic rings. The normalized spacial score (nSPS) is 11.8. The van der Waals surface area contributed by atoms with Crippen LogP contribution in [0.15, 0.2) is 91.1 Å². The van der Waals surface area contributed by atoms with Gasteiger partial charge in [0.15, 0.2) is 11.5 Å². The zero-order valence-corrected chi connectivity index (χ0v) is 24.0. The van der Waals surface area contributed by atoms with E-state index in [0.717, 1.165) is 35.3 Å². The van der Waals surface area contributed by atoms with Crippen LogP contribution < -0.4 is 0 Å². The molecule has 0 amide bonds. The first-order valence-corrected chi connectivity index (χ1v) is 15.4. The second kappa shape index (κ2) is 10.5. The molecule has 0 atom stereocenters. The highest BCUT2D eigenvalue weighted by atomic mass is 32.1. The number of pyridine rings is 1. The third kappa shape index (κ3) is 4.37. The molecule has 4 heteroatoms. The highest BCUT2D eigenvalue weighted by molar-refractivity contribution is 7.26. The lowest BCUT2D eigenvalue weighted by Gasteiger charge is -2.09. The van der Waals surface area contributed by atoms with Crippen LogP contribution in [0.5, 0.6) is 0 Å². The number of hydrogen-bond acceptors (Lipinski definition) is 3. The highest BCUT2D eigenvalue weighted by Gasteiger charge is 2.15. The minimum Gasteiger partial charge on any atom is -0.282 e. The van der Waals surface area contributed by atoms with Crippen molar-refractivity contribution in [2.75, 3.05) is 0 Å². The van der Waals surface area contributed by atoms with Gasteiger partial charge in [0.25, 0.3) is 0 Å². The molecule has 0 bridgehead atoms. The van der Waals surface area contributed by atoms with Crippen LogP contribution in [0.25, 0.3) is 59.1 Å². The highest BCUT2D eigenvalue weighted by Crippen LogP contribution is 2.42. The van der Waals surface area contributed by atoms with Crippen LogP contribution in [-0.4, -0.2) is 14.6 Å². The Kier molecular flexibility index (Phi) is 6.57. The van der Waals surface area contributed by atoms with Gasteiger partial charge in [-0.15, -0.1) is 21.5 Å². The molecule has 0 aliphatic heterocycles. The van der Waals surface area contributed by atoms with Crippen LogP contribution >= 0.6 is 11.3 Å². The van der Waals surface area contributed by atoms with E-state index >= 15 is 0 Å². The lowest BCUT2D eigenvalue weighted by Crippen LogP contribution is -1.91. The lowest BCUT2D eigenvalue weighted by atomic mass is 9.96. The standard InChI is InChI=1S/C36H33N3S/c1-3-5-9-24-13-18-33-31(21-24)32-23-25(10-6-4-2)22-30(34(32)40-33)27-14-16-28(17-15-27)35-37-38-36-29-12-8-7-11-26(29)19-20-39(35)36/h7-8,11-23H,3-6,9-10H2,1-2H3. The minimum absolute atomic E-state index is 0.871. The van der Waals surface area contributed by atoms with Crippen molar-refractivity contribution in [1.29, 1.82) is 0 Å². The molecule has 3 aromatic heterocycles. The number of aromatic nitrogens is 3. The predicted molar refractivity (Wildman–Crippen MR) is 171 cm³/mol. The Balaban J connectivity index is 1.33. The van der Waals surface area contributed by atoms with Crippen LogP contribution in [0.1, 0.15) is 50.7 Å². The molecule has 0 spiro atoms. The van der Waals surface area contributed by atoms with Gasteiger partial charge >= 0.3 is 0 Å². The Morgan fingerprint density at radius 2 is 1.43 bits per heavy atom. The summed E-state index contributed by atoms with van der Waals surface area (Å²) in [7, 11) is 0. The molecule has 0 saturated heterocycles.